The first-order chi connectivity index (χ1) is 8.77. The van der Waals surface area contributed by atoms with E-state index in [1.807, 2.05) is 18.7 Å². The fourth-order valence-electron chi connectivity index (χ4n) is 2.74. The topological polar surface area (TPSA) is 32.3 Å². The van der Waals surface area contributed by atoms with Crippen molar-refractivity contribution in [3.05, 3.63) is 0 Å². The van der Waals surface area contributed by atoms with Crippen LogP contribution in [-0.2, 0) is 4.79 Å². The molecule has 4 heteroatoms. The second-order valence-electron chi connectivity index (χ2n) is 5.60. The molecule has 104 valence electrons. The highest BCUT2D eigenvalue weighted by molar-refractivity contribution is 7.99. The average molecular weight is 270 g/mol. The third-order valence-corrected chi connectivity index (χ3v) is 5.26. The molecule has 1 N–H and O–H groups in total. The Morgan fingerprint density at radius 3 is 2.67 bits per heavy atom. The second-order valence-corrected chi connectivity index (χ2v) is 6.75. The summed E-state index contributed by atoms with van der Waals surface area (Å²) < 4.78 is 0. The number of amides is 1. The maximum absolute atomic E-state index is 12.3. The van der Waals surface area contributed by atoms with Crippen LogP contribution in [0.3, 0.4) is 0 Å². The van der Waals surface area contributed by atoms with Gasteiger partial charge in [0.2, 0.25) is 5.91 Å². The van der Waals surface area contributed by atoms with E-state index in [0.29, 0.717) is 5.91 Å². The molecule has 2 saturated heterocycles. The van der Waals surface area contributed by atoms with E-state index in [0.717, 1.165) is 25.6 Å². The van der Waals surface area contributed by atoms with Gasteiger partial charge in [-0.3, -0.25) is 4.79 Å². The molecule has 2 heterocycles. The third-order valence-electron chi connectivity index (χ3n) is 4.02. The molecule has 0 aromatic heterocycles. The fourth-order valence-corrected chi connectivity index (χ4v) is 4.02. The molecule has 2 rings (SSSR count). The van der Waals surface area contributed by atoms with Gasteiger partial charge in [-0.15, -0.1) is 0 Å². The van der Waals surface area contributed by atoms with Gasteiger partial charge in [0.25, 0.3) is 0 Å². The van der Waals surface area contributed by atoms with Crippen molar-refractivity contribution in [2.24, 2.45) is 5.92 Å². The normalized spacial score (nSPS) is 26.9. The zero-order chi connectivity index (χ0) is 12.8. The fraction of sp³-hybridized carbons (Fsp3) is 0.929. The number of hydrogen-bond acceptors (Lipinski definition) is 3. The molecule has 0 radical (unpaired) electrons. The van der Waals surface area contributed by atoms with Crippen molar-refractivity contribution < 1.29 is 4.79 Å². The molecule has 0 aromatic carbocycles. The maximum Gasteiger partial charge on any atom is 0.239 e. The lowest BCUT2D eigenvalue weighted by atomic mass is 10.1. The number of hydrogen-bond donors (Lipinski definition) is 1. The first kappa shape index (κ1) is 14.2. The lowest BCUT2D eigenvalue weighted by Crippen LogP contribution is -2.46. The summed E-state index contributed by atoms with van der Waals surface area (Å²) in [5.74, 6) is 3.63. The first-order valence-electron chi connectivity index (χ1n) is 7.37. The highest BCUT2D eigenvalue weighted by Crippen LogP contribution is 2.22. The predicted molar refractivity (Wildman–Crippen MR) is 77.9 cm³/mol. The zero-order valence-corrected chi connectivity index (χ0v) is 12.3. The van der Waals surface area contributed by atoms with Crippen molar-refractivity contribution in [2.75, 3.05) is 31.1 Å². The van der Waals surface area contributed by atoms with Crippen LogP contribution in [0.1, 0.15) is 39.0 Å². The van der Waals surface area contributed by atoms with Crippen LogP contribution >= 0.6 is 11.8 Å². The van der Waals surface area contributed by atoms with Gasteiger partial charge in [-0.25, -0.2) is 0 Å². The lowest BCUT2D eigenvalue weighted by Gasteiger charge is -2.25. The first-order valence-corrected chi connectivity index (χ1v) is 8.53. The Hall–Kier alpha value is -0.220. The van der Waals surface area contributed by atoms with E-state index < -0.39 is 0 Å². The molecule has 1 amide bonds. The number of nitrogens with zero attached hydrogens (tertiary/aromatic N) is 1. The van der Waals surface area contributed by atoms with Crippen LogP contribution < -0.4 is 5.32 Å². The van der Waals surface area contributed by atoms with E-state index in [-0.39, 0.29) is 6.04 Å². The van der Waals surface area contributed by atoms with Gasteiger partial charge >= 0.3 is 0 Å². The van der Waals surface area contributed by atoms with Crippen molar-refractivity contribution in [1.29, 1.82) is 0 Å². The molecular formula is C14H26N2OS. The number of likely N-dealkylation sites (tertiary alicyclic amines) is 1. The number of carbonyl (C=O) groups is 1. The molecule has 0 spiro atoms. The summed E-state index contributed by atoms with van der Waals surface area (Å²) in [5.41, 5.74) is 0. The van der Waals surface area contributed by atoms with E-state index >= 15 is 0 Å². The van der Waals surface area contributed by atoms with E-state index in [9.17, 15) is 4.79 Å². The highest BCUT2D eigenvalue weighted by Gasteiger charge is 2.22. The summed E-state index contributed by atoms with van der Waals surface area (Å²) in [6.07, 6.45) is 6.23. The highest BCUT2D eigenvalue weighted by atomic mass is 32.2. The number of thioether (sulfide) groups is 1. The predicted octanol–water partition coefficient (Wildman–Crippen LogP) is 2.12. The molecule has 0 saturated carbocycles. The van der Waals surface area contributed by atoms with Crippen molar-refractivity contribution in [3.63, 3.8) is 0 Å². The zero-order valence-electron chi connectivity index (χ0n) is 11.5. The Morgan fingerprint density at radius 1 is 1.33 bits per heavy atom. The Morgan fingerprint density at radius 2 is 2.06 bits per heavy atom. The van der Waals surface area contributed by atoms with E-state index in [4.69, 9.17) is 0 Å². The summed E-state index contributed by atoms with van der Waals surface area (Å²) in [6.45, 7) is 4.96. The molecule has 2 aliphatic heterocycles. The minimum atomic E-state index is -0.00583. The van der Waals surface area contributed by atoms with Crippen LogP contribution in [0.25, 0.3) is 0 Å². The molecule has 0 aliphatic carbocycles. The van der Waals surface area contributed by atoms with E-state index in [1.54, 1.807) is 0 Å². The molecule has 18 heavy (non-hydrogen) atoms. The van der Waals surface area contributed by atoms with Crippen molar-refractivity contribution in [3.8, 4) is 0 Å². The second kappa shape index (κ2) is 7.39. The average Bonchev–Trinajstić information content (AvgIpc) is 2.75. The Balaban J connectivity index is 1.72. The van der Waals surface area contributed by atoms with Gasteiger partial charge in [0.1, 0.15) is 0 Å². The Bertz CT molecular complexity index is 259. The van der Waals surface area contributed by atoms with Crippen LogP contribution in [0, 0.1) is 5.92 Å². The van der Waals surface area contributed by atoms with Crippen LogP contribution in [0.2, 0.25) is 0 Å². The molecular weight excluding hydrogens is 244 g/mol. The van der Waals surface area contributed by atoms with Gasteiger partial charge in [0.05, 0.1) is 6.04 Å². The van der Waals surface area contributed by atoms with Crippen molar-refractivity contribution in [1.82, 2.24) is 10.2 Å². The van der Waals surface area contributed by atoms with Gasteiger partial charge < -0.3 is 10.2 Å². The summed E-state index contributed by atoms with van der Waals surface area (Å²) in [6, 6.07) is -0.00583. The monoisotopic (exact) mass is 270 g/mol. The van der Waals surface area contributed by atoms with Crippen LogP contribution in [0.4, 0.5) is 0 Å². The molecule has 2 aliphatic rings. The van der Waals surface area contributed by atoms with Crippen LogP contribution in [-0.4, -0.2) is 48.0 Å². The quantitative estimate of drug-likeness (QED) is 0.849. The molecule has 2 atom stereocenters. The molecule has 2 fully saturated rings. The number of nitrogens with one attached hydrogen (secondary N) is 1. The maximum atomic E-state index is 12.3. The van der Waals surface area contributed by atoms with Crippen LogP contribution in [0.15, 0.2) is 0 Å². The standard InChI is InChI=1S/C14H26N2OS/c1-12(15-10-13-6-9-18-11-13)14(17)16-7-4-2-3-5-8-16/h12-13,15H,2-11H2,1H3. The van der Waals surface area contributed by atoms with E-state index in [2.05, 4.69) is 10.2 Å². The summed E-state index contributed by atoms with van der Waals surface area (Å²) in [4.78, 5) is 14.4. The van der Waals surface area contributed by atoms with Gasteiger partial charge in [-0.2, -0.15) is 11.8 Å². The molecule has 0 aromatic rings. The third kappa shape index (κ3) is 4.16. The summed E-state index contributed by atoms with van der Waals surface area (Å²) in [5, 5.41) is 3.44. The Labute approximate surface area is 115 Å². The van der Waals surface area contributed by atoms with E-state index in [1.165, 1.54) is 43.6 Å². The van der Waals surface area contributed by atoms with Gasteiger partial charge in [-0.1, -0.05) is 12.8 Å². The van der Waals surface area contributed by atoms with Gasteiger partial charge in [0, 0.05) is 13.1 Å². The number of rotatable bonds is 4. The summed E-state index contributed by atoms with van der Waals surface area (Å²) in [7, 11) is 0. The smallest absolute Gasteiger partial charge is 0.239 e. The molecule has 0 bridgehead atoms. The lowest BCUT2D eigenvalue weighted by molar-refractivity contribution is -0.133. The Kier molecular flexibility index (Phi) is 5.83. The van der Waals surface area contributed by atoms with Gasteiger partial charge in [-0.05, 0) is 50.2 Å². The minimum Gasteiger partial charge on any atom is -0.341 e. The van der Waals surface area contributed by atoms with Crippen LogP contribution in [0.5, 0.6) is 0 Å². The molecule has 2 unspecified atom stereocenters. The van der Waals surface area contributed by atoms with Crippen molar-refractivity contribution >= 4 is 17.7 Å². The number of carbonyl (C=O) groups excluding carboxylic acids is 1. The molecule has 3 nitrogen and oxygen atoms in total. The van der Waals surface area contributed by atoms with Crippen molar-refractivity contribution in [2.45, 2.75) is 45.1 Å². The SMILES string of the molecule is CC(NCC1CCSC1)C(=O)N1CCCCCC1. The largest absolute Gasteiger partial charge is 0.341 e. The van der Waals surface area contributed by atoms with Gasteiger partial charge in [0.15, 0.2) is 0 Å². The summed E-state index contributed by atoms with van der Waals surface area (Å²) >= 11 is 2.04. The minimum absolute atomic E-state index is 0.00583.